The molecule has 1 N–H and O–H groups in total. The maximum atomic E-state index is 13.6. The lowest BCUT2D eigenvalue weighted by atomic mass is 10.2. The predicted molar refractivity (Wildman–Crippen MR) is 71.9 cm³/mol. The summed E-state index contributed by atoms with van der Waals surface area (Å²) in [6.07, 6.45) is 1.99. The second-order valence-electron chi connectivity index (χ2n) is 4.75. The molecule has 0 aliphatic heterocycles. The SMILES string of the molecule is CC(C)NCc1cccn1Cc1ccccc1F. The fourth-order valence-corrected chi connectivity index (χ4v) is 1.88. The average Bonchev–Trinajstić information content (AvgIpc) is 2.77. The Morgan fingerprint density at radius 2 is 1.94 bits per heavy atom. The maximum Gasteiger partial charge on any atom is 0.128 e. The van der Waals surface area contributed by atoms with E-state index in [0.29, 0.717) is 12.6 Å². The molecular weight excluding hydrogens is 227 g/mol. The molecule has 1 aromatic heterocycles. The van der Waals surface area contributed by atoms with Crippen molar-refractivity contribution in [2.75, 3.05) is 0 Å². The smallest absolute Gasteiger partial charge is 0.128 e. The topological polar surface area (TPSA) is 17.0 Å². The molecule has 0 saturated heterocycles. The molecule has 0 aliphatic rings. The van der Waals surface area contributed by atoms with Crippen molar-refractivity contribution in [1.82, 2.24) is 9.88 Å². The third-order valence-electron chi connectivity index (χ3n) is 2.91. The number of benzene rings is 1. The second-order valence-corrected chi connectivity index (χ2v) is 4.75. The highest BCUT2D eigenvalue weighted by molar-refractivity contribution is 5.19. The molecule has 0 radical (unpaired) electrons. The van der Waals surface area contributed by atoms with E-state index in [9.17, 15) is 4.39 Å². The van der Waals surface area contributed by atoms with Crippen LogP contribution in [0.1, 0.15) is 25.1 Å². The van der Waals surface area contributed by atoms with Gasteiger partial charge in [-0.2, -0.15) is 0 Å². The number of hydrogen-bond acceptors (Lipinski definition) is 1. The molecule has 0 spiro atoms. The number of halogens is 1. The monoisotopic (exact) mass is 246 g/mol. The molecular formula is C15H19FN2. The molecule has 0 aliphatic carbocycles. The lowest BCUT2D eigenvalue weighted by Crippen LogP contribution is -2.23. The Morgan fingerprint density at radius 1 is 1.17 bits per heavy atom. The maximum absolute atomic E-state index is 13.6. The number of nitrogens with zero attached hydrogens (tertiary/aromatic N) is 1. The first kappa shape index (κ1) is 12.8. The first-order chi connectivity index (χ1) is 8.66. The summed E-state index contributed by atoms with van der Waals surface area (Å²) in [7, 11) is 0. The lowest BCUT2D eigenvalue weighted by molar-refractivity contribution is 0.556. The minimum atomic E-state index is -0.144. The van der Waals surface area contributed by atoms with Crippen LogP contribution >= 0.6 is 0 Å². The zero-order valence-corrected chi connectivity index (χ0v) is 10.9. The zero-order valence-electron chi connectivity index (χ0n) is 10.9. The minimum absolute atomic E-state index is 0.144. The van der Waals surface area contributed by atoms with E-state index in [4.69, 9.17) is 0 Å². The van der Waals surface area contributed by atoms with E-state index in [2.05, 4.69) is 29.8 Å². The van der Waals surface area contributed by atoms with Gasteiger partial charge in [-0.15, -0.1) is 0 Å². The van der Waals surface area contributed by atoms with Crippen LogP contribution in [0.4, 0.5) is 4.39 Å². The van der Waals surface area contributed by atoms with Crippen molar-refractivity contribution in [3.05, 3.63) is 59.7 Å². The average molecular weight is 246 g/mol. The van der Waals surface area contributed by atoms with Crippen molar-refractivity contribution in [2.45, 2.75) is 33.0 Å². The Balaban J connectivity index is 2.10. The Hall–Kier alpha value is -1.61. The van der Waals surface area contributed by atoms with E-state index in [1.165, 1.54) is 11.8 Å². The molecule has 96 valence electrons. The standard InChI is InChI=1S/C15H19FN2/c1-12(2)17-10-14-7-5-9-18(14)11-13-6-3-4-8-15(13)16/h3-9,12,17H,10-11H2,1-2H3. The Morgan fingerprint density at radius 3 is 2.67 bits per heavy atom. The highest BCUT2D eigenvalue weighted by Crippen LogP contribution is 2.11. The van der Waals surface area contributed by atoms with Gasteiger partial charge in [0.2, 0.25) is 0 Å². The third kappa shape index (κ3) is 3.20. The highest BCUT2D eigenvalue weighted by atomic mass is 19.1. The molecule has 1 heterocycles. The van der Waals surface area contributed by atoms with Gasteiger partial charge < -0.3 is 9.88 Å². The van der Waals surface area contributed by atoms with Gasteiger partial charge in [0.15, 0.2) is 0 Å². The number of hydrogen-bond donors (Lipinski definition) is 1. The summed E-state index contributed by atoms with van der Waals surface area (Å²) in [4.78, 5) is 0. The molecule has 2 nitrogen and oxygen atoms in total. The molecule has 0 bridgehead atoms. The summed E-state index contributed by atoms with van der Waals surface area (Å²) in [6.45, 7) is 5.61. The number of nitrogens with one attached hydrogen (secondary N) is 1. The first-order valence-electron chi connectivity index (χ1n) is 6.27. The van der Waals surface area contributed by atoms with Crippen LogP contribution in [0.5, 0.6) is 0 Å². The molecule has 3 heteroatoms. The molecule has 0 amide bonds. The van der Waals surface area contributed by atoms with Crippen LogP contribution in [0, 0.1) is 5.82 Å². The summed E-state index contributed by atoms with van der Waals surface area (Å²) in [5.74, 6) is -0.144. The van der Waals surface area contributed by atoms with Crippen LogP contribution in [-0.2, 0) is 13.1 Å². The van der Waals surface area contributed by atoms with Gasteiger partial charge in [-0.05, 0) is 18.2 Å². The van der Waals surface area contributed by atoms with Crippen LogP contribution in [-0.4, -0.2) is 10.6 Å². The molecule has 1 aromatic carbocycles. The van der Waals surface area contributed by atoms with E-state index < -0.39 is 0 Å². The number of aromatic nitrogens is 1. The molecule has 0 saturated carbocycles. The fourth-order valence-electron chi connectivity index (χ4n) is 1.88. The molecule has 2 aromatic rings. The fraction of sp³-hybridized carbons (Fsp3) is 0.333. The number of rotatable bonds is 5. The normalized spacial score (nSPS) is 11.1. The second kappa shape index (κ2) is 5.83. The zero-order chi connectivity index (χ0) is 13.0. The summed E-state index contributed by atoms with van der Waals surface area (Å²) < 4.78 is 15.7. The van der Waals surface area contributed by atoms with Crippen LogP contribution < -0.4 is 5.32 Å². The van der Waals surface area contributed by atoms with Crippen molar-refractivity contribution in [3.63, 3.8) is 0 Å². The molecule has 0 unspecified atom stereocenters. The summed E-state index contributed by atoms with van der Waals surface area (Å²) >= 11 is 0. The van der Waals surface area contributed by atoms with Crippen molar-refractivity contribution < 1.29 is 4.39 Å². The molecule has 2 rings (SSSR count). The van der Waals surface area contributed by atoms with Gasteiger partial charge in [-0.25, -0.2) is 4.39 Å². The quantitative estimate of drug-likeness (QED) is 0.857. The largest absolute Gasteiger partial charge is 0.346 e. The Bertz CT molecular complexity index is 503. The van der Waals surface area contributed by atoms with E-state index in [1.807, 2.05) is 24.4 Å². The van der Waals surface area contributed by atoms with Crippen LogP contribution in [0.15, 0.2) is 42.6 Å². The summed E-state index contributed by atoms with van der Waals surface area (Å²) in [6, 6.07) is 11.4. The van der Waals surface area contributed by atoms with Gasteiger partial charge in [0.25, 0.3) is 0 Å². The van der Waals surface area contributed by atoms with Gasteiger partial charge >= 0.3 is 0 Å². The molecule has 0 fully saturated rings. The minimum Gasteiger partial charge on any atom is -0.346 e. The predicted octanol–water partition coefficient (Wildman–Crippen LogP) is 3.17. The molecule has 0 atom stereocenters. The van der Waals surface area contributed by atoms with Crippen molar-refractivity contribution >= 4 is 0 Å². The lowest BCUT2D eigenvalue weighted by Gasteiger charge is -2.12. The Kier molecular flexibility index (Phi) is 4.15. The third-order valence-corrected chi connectivity index (χ3v) is 2.91. The Labute approximate surface area is 107 Å². The van der Waals surface area contributed by atoms with Crippen molar-refractivity contribution in [1.29, 1.82) is 0 Å². The van der Waals surface area contributed by atoms with Gasteiger partial charge in [0, 0.05) is 30.0 Å². The van der Waals surface area contributed by atoms with Gasteiger partial charge in [-0.3, -0.25) is 0 Å². The van der Waals surface area contributed by atoms with Gasteiger partial charge in [0.05, 0.1) is 6.54 Å². The molecule has 18 heavy (non-hydrogen) atoms. The first-order valence-corrected chi connectivity index (χ1v) is 6.27. The highest BCUT2D eigenvalue weighted by Gasteiger charge is 2.05. The van der Waals surface area contributed by atoms with Crippen LogP contribution in [0.25, 0.3) is 0 Å². The van der Waals surface area contributed by atoms with E-state index in [-0.39, 0.29) is 5.82 Å². The van der Waals surface area contributed by atoms with E-state index in [0.717, 1.165) is 12.1 Å². The summed E-state index contributed by atoms with van der Waals surface area (Å²) in [5, 5.41) is 3.37. The van der Waals surface area contributed by atoms with Gasteiger partial charge in [-0.1, -0.05) is 32.0 Å². The van der Waals surface area contributed by atoms with E-state index >= 15 is 0 Å². The van der Waals surface area contributed by atoms with Gasteiger partial charge in [0.1, 0.15) is 5.82 Å². The van der Waals surface area contributed by atoms with Crippen LogP contribution in [0.2, 0.25) is 0 Å². The van der Waals surface area contributed by atoms with Crippen molar-refractivity contribution in [2.24, 2.45) is 0 Å². The van der Waals surface area contributed by atoms with Crippen molar-refractivity contribution in [3.8, 4) is 0 Å². The summed E-state index contributed by atoms with van der Waals surface area (Å²) in [5.41, 5.74) is 1.89. The van der Waals surface area contributed by atoms with E-state index in [1.54, 1.807) is 6.07 Å². The van der Waals surface area contributed by atoms with Crippen LogP contribution in [0.3, 0.4) is 0 Å².